The van der Waals surface area contributed by atoms with Crippen molar-refractivity contribution < 1.29 is 13.9 Å². The van der Waals surface area contributed by atoms with E-state index in [0.29, 0.717) is 11.5 Å². The number of rotatable bonds is 6. The third-order valence-electron chi connectivity index (χ3n) is 4.55. The van der Waals surface area contributed by atoms with Crippen LogP contribution < -0.4 is 14.8 Å². The van der Waals surface area contributed by atoms with Gasteiger partial charge in [-0.05, 0) is 73.7 Å². The van der Waals surface area contributed by atoms with Crippen molar-refractivity contribution in [3.8, 4) is 34.8 Å². The van der Waals surface area contributed by atoms with Crippen molar-refractivity contribution in [1.82, 2.24) is 0 Å². The van der Waals surface area contributed by atoms with Crippen LogP contribution in [0.15, 0.2) is 103 Å². The van der Waals surface area contributed by atoms with Gasteiger partial charge in [0.1, 0.15) is 23.1 Å². The molecule has 1 N–H and O–H groups in total. The van der Waals surface area contributed by atoms with Crippen molar-refractivity contribution in [2.24, 2.45) is 0 Å². The standard InChI is InChI=1S/C28H22FNO2/c1-21(30-27-12-5-6-13-28(27)32-24-9-3-2-4-10-24)14-15-22-8-7-11-26(20-22)31-25-18-16-23(29)17-19-25/h2-13,16-21,30H,1H3/t21-/m0/s1. The summed E-state index contributed by atoms with van der Waals surface area (Å²) in [7, 11) is 0. The summed E-state index contributed by atoms with van der Waals surface area (Å²) in [6, 6.07) is 30.7. The summed E-state index contributed by atoms with van der Waals surface area (Å²) in [6.07, 6.45) is 0. The Balaban J connectivity index is 1.43. The fourth-order valence-corrected chi connectivity index (χ4v) is 3.03. The van der Waals surface area contributed by atoms with Crippen LogP contribution in [0.25, 0.3) is 0 Å². The molecule has 0 heterocycles. The second-order valence-electron chi connectivity index (χ2n) is 7.13. The highest BCUT2D eigenvalue weighted by Crippen LogP contribution is 2.29. The predicted molar refractivity (Wildman–Crippen MR) is 126 cm³/mol. The minimum absolute atomic E-state index is 0.114. The molecule has 0 amide bonds. The molecule has 0 aromatic heterocycles. The summed E-state index contributed by atoms with van der Waals surface area (Å²) in [5.74, 6) is 8.82. The van der Waals surface area contributed by atoms with E-state index in [2.05, 4.69) is 17.2 Å². The summed E-state index contributed by atoms with van der Waals surface area (Å²) in [6.45, 7) is 1.99. The van der Waals surface area contributed by atoms with E-state index in [4.69, 9.17) is 9.47 Å². The molecule has 0 fully saturated rings. The largest absolute Gasteiger partial charge is 0.457 e. The molecule has 0 radical (unpaired) electrons. The van der Waals surface area contributed by atoms with Crippen LogP contribution in [0.3, 0.4) is 0 Å². The lowest BCUT2D eigenvalue weighted by atomic mass is 10.2. The van der Waals surface area contributed by atoms with Crippen LogP contribution in [-0.2, 0) is 0 Å². The van der Waals surface area contributed by atoms with E-state index >= 15 is 0 Å². The first-order valence-electron chi connectivity index (χ1n) is 10.3. The first kappa shape index (κ1) is 21.0. The molecular weight excluding hydrogens is 401 g/mol. The number of benzene rings is 4. The van der Waals surface area contributed by atoms with E-state index in [9.17, 15) is 4.39 Å². The Morgan fingerprint density at radius 1 is 0.719 bits per heavy atom. The van der Waals surface area contributed by atoms with E-state index in [1.165, 1.54) is 12.1 Å². The SMILES string of the molecule is C[C@@H](C#Cc1cccc(Oc2ccc(F)cc2)c1)Nc1ccccc1Oc1ccccc1. The lowest BCUT2D eigenvalue weighted by molar-refractivity contribution is 0.480. The van der Waals surface area contributed by atoms with Crippen LogP contribution in [0.2, 0.25) is 0 Å². The molecule has 4 heteroatoms. The van der Waals surface area contributed by atoms with Crippen LogP contribution in [0.5, 0.6) is 23.0 Å². The van der Waals surface area contributed by atoms with Gasteiger partial charge in [-0.2, -0.15) is 0 Å². The van der Waals surface area contributed by atoms with E-state index < -0.39 is 0 Å². The lowest BCUT2D eigenvalue weighted by Crippen LogP contribution is -2.13. The van der Waals surface area contributed by atoms with Gasteiger partial charge in [0.2, 0.25) is 0 Å². The molecule has 158 valence electrons. The molecular formula is C28H22FNO2. The van der Waals surface area contributed by atoms with Crippen LogP contribution in [-0.4, -0.2) is 6.04 Å². The average molecular weight is 423 g/mol. The highest BCUT2D eigenvalue weighted by Gasteiger charge is 2.06. The maximum Gasteiger partial charge on any atom is 0.150 e. The Morgan fingerprint density at radius 3 is 2.22 bits per heavy atom. The van der Waals surface area contributed by atoms with Crippen molar-refractivity contribution in [2.45, 2.75) is 13.0 Å². The summed E-state index contributed by atoms with van der Waals surface area (Å²) in [5.41, 5.74) is 1.69. The number of hydrogen-bond donors (Lipinski definition) is 1. The fraction of sp³-hybridized carbons (Fsp3) is 0.0714. The highest BCUT2D eigenvalue weighted by molar-refractivity contribution is 5.59. The Labute approximate surface area is 187 Å². The molecule has 0 saturated carbocycles. The zero-order valence-electron chi connectivity index (χ0n) is 17.6. The number of halogens is 1. The normalized spacial score (nSPS) is 11.1. The zero-order valence-corrected chi connectivity index (χ0v) is 17.6. The molecule has 3 nitrogen and oxygen atoms in total. The van der Waals surface area contributed by atoms with Gasteiger partial charge in [0.05, 0.1) is 11.7 Å². The molecule has 0 bridgehead atoms. The lowest BCUT2D eigenvalue weighted by Gasteiger charge is -2.14. The Kier molecular flexibility index (Phi) is 6.69. The topological polar surface area (TPSA) is 30.5 Å². The number of para-hydroxylation sites is 3. The molecule has 4 rings (SSSR count). The van der Waals surface area contributed by atoms with Crippen LogP contribution >= 0.6 is 0 Å². The van der Waals surface area contributed by atoms with Gasteiger partial charge in [-0.3, -0.25) is 0 Å². The summed E-state index contributed by atoms with van der Waals surface area (Å²) in [5, 5.41) is 3.40. The molecule has 4 aromatic rings. The molecule has 0 spiro atoms. The molecule has 0 aliphatic carbocycles. The average Bonchev–Trinajstić information content (AvgIpc) is 2.82. The molecule has 1 atom stereocenters. The fourth-order valence-electron chi connectivity index (χ4n) is 3.03. The Hall–Kier alpha value is -4.23. The van der Waals surface area contributed by atoms with E-state index in [1.54, 1.807) is 12.1 Å². The third kappa shape index (κ3) is 5.90. The van der Waals surface area contributed by atoms with Crippen molar-refractivity contribution in [3.63, 3.8) is 0 Å². The van der Waals surface area contributed by atoms with E-state index in [0.717, 1.165) is 22.7 Å². The molecule has 4 aromatic carbocycles. The number of hydrogen-bond acceptors (Lipinski definition) is 3. The van der Waals surface area contributed by atoms with Crippen LogP contribution in [0.4, 0.5) is 10.1 Å². The molecule has 0 saturated heterocycles. The number of anilines is 1. The van der Waals surface area contributed by atoms with Gasteiger partial charge in [-0.25, -0.2) is 4.39 Å². The second-order valence-corrected chi connectivity index (χ2v) is 7.13. The van der Waals surface area contributed by atoms with Gasteiger partial charge in [0.25, 0.3) is 0 Å². The van der Waals surface area contributed by atoms with Gasteiger partial charge in [-0.15, -0.1) is 0 Å². The Bertz CT molecular complexity index is 1230. The minimum atomic E-state index is -0.297. The predicted octanol–water partition coefficient (Wildman–Crippen LogP) is 7.26. The van der Waals surface area contributed by atoms with Crippen molar-refractivity contribution >= 4 is 5.69 Å². The molecule has 0 aliphatic rings. The smallest absolute Gasteiger partial charge is 0.150 e. The van der Waals surface area contributed by atoms with Crippen LogP contribution in [0.1, 0.15) is 12.5 Å². The summed E-state index contributed by atoms with van der Waals surface area (Å²) >= 11 is 0. The molecule has 32 heavy (non-hydrogen) atoms. The molecule has 0 unspecified atom stereocenters. The molecule has 0 aliphatic heterocycles. The number of nitrogens with one attached hydrogen (secondary N) is 1. The van der Waals surface area contributed by atoms with Crippen LogP contribution in [0, 0.1) is 17.7 Å². The quantitative estimate of drug-likeness (QED) is 0.331. The summed E-state index contributed by atoms with van der Waals surface area (Å²) < 4.78 is 24.9. The Morgan fingerprint density at radius 2 is 1.41 bits per heavy atom. The van der Waals surface area contributed by atoms with Gasteiger partial charge in [0, 0.05) is 5.56 Å². The minimum Gasteiger partial charge on any atom is -0.457 e. The number of ether oxygens (including phenoxy) is 2. The van der Waals surface area contributed by atoms with Gasteiger partial charge >= 0.3 is 0 Å². The second kappa shape index (κ2) is 10.2. The summed E-state index contributed by atoms with van der Waals surface area (Å²) in [4.78, 5) is 0. The zero-order chi connectivity index (χ0) is 22.2. The monoisotopic (exact) mass is 423 g/mol. The van der Waals surface area contributed by atoms with Gasteiger partial charge < -0.3 is 14.8 Å². The first-order chi connectivity index (χ1) is 15.7. The first-order valence-corrected chi connectivity index (χ1v) is 10.3. The van der Waals surface area contributed by atoms with Crippen molar-refractivity contribution in [1.29, 1.82) is 0 Å². The van der Waals surface area contributed by atoms with Crippen molar-refractivity contribution in [3.05, 3.63) is 115 Å². The third-order valence-corrected chi connectivity index (χ3v) is 4.55. The van der Waals surface area contributed by atoms with E-state index in [1.807, 2.05) is 85.8 Å². The maximum absolute atomic E-state index is 13.1. The van der Waals surface area contributed by atoms with E-state index in [-0.39, 0.29) is 11.9 Å². The van der Waals surface area contributed by atoms with Gasteiger partial charge in [0.15, 0.2) is 5.75 Å². The van der Waals surface area contributed by atoms with Gasteiger partial charge in [-0.1, -0.05) is 48.2 Å². The highest BCUT2D eigenvalue weighted by atomic mass is 19.1. The maximum atomic E-state index is 13.1. The van der Waals surface area contributed by atoms with Crippen molar-refractivity contribution in [2.75, 3.05) is 5.32 Å².